The van der Waals surface area contributed by atoms with Gasteiger partial charge in [-0.2, -0.15) is 5.10 Å². The first-order valence-corrected chi connectivity index (χ1v) is 12.2. The predicted octanol–water partition coefficient (Wildman–Crippen LogP) is 1.92. The lowest BCUT2D eigenvalue weighted by atomic mass is 10.1. The predicted molar refractivity (Wildman–Crippen MR) is 123 cm³/mol. The molecule has 0 aliphatic carbocycles. The third-order valence-corrected chi connectivity index (χ3v) is 6.82. The van der Waals surface area contributed by atoms with E-state index in [2.05, 4.69) is 15.7 Å². The Bertz CT molecular complexity index is 1310. The molecule has 2 heterocycles. The van der Waals surface area contributed by atoms with Gasteiger partial charge in [-0.25, -0.2) is 13.1 Å². The fraction of sp³-hybridized carbons (Fsp3) is 0.261. The molecule has 2 aromatic carbocycles. The van der Waals surface area contributed by atoms with Gasteiger partial charge in [0.05, 0.1) is 30.0 Å². The summed E-state index contributed by atoms with van der Waals surface area (Å²) in [5.74, 6) is -1.25. The minimum atomic E-state index is -3.34. The number of sulfone groups is 1. The second kappa shape index (κ2) is 9.07. The molecule has 1 aliphatic heterocycles. The number of para-hydroxylation sites is 1. The summed E-state index contributed by atoms with van der Waals surface area (Å²) in [6.07, 6.45) is 0.484. The zero-order chi connectivity index (χ0) is 23.6. The van der Waals surface area contributed by atoms with Gasteiger partial charge in [0.25, 0.3) is 0 Å². The largest absolute Gasteiger partial charge is 0.496 e. The van der Waals surface area contributed by atoms with Crippen molar-refractivity contribution in [1.82, 2.24) is 15.1 Å². The van der Waals surface area contributed by atoms with Crippen molar-refractivity contribution in [1.29, 1.82) is 0 Å². The second-order valence-corrected chi connectivity index (χ2v) is 9.89. The van der Waals surface area contributed by atoms with Crippen LogP contribution in [0.2, 0.25) is 0 Å². The van der Waals surface area contributed by atoms with Crippen molar-refractivity contribution in [2.45, 2.75) is 24.9 Å². The highest BCUT2D eigenvalue weighted by Crippen LogP contribution is 2.33. The summed E-state index contributed by atoms with van der Waals surface area (Å²) in [6, 6.07) is 14.8. The van der Waals surface area contributed by atoms with Crippen LogP contribution in [0.4, 0.5) is 5.82 Å². The van der Waals surface area contributed by atoms with Gasteiger partial charge in [0.15, 0.2) is 9.84 Å². The lowest BCUT2D eigenvalue weighted by molar-refractivity contribution is -0.136. The van der Waals surface area contributed by atoms with Crippen LogP contribution in [-0.4, -0.2) is 43.7 Å². The number of hydrogen-bond acceptors (Lipinski definition) is 6. The molecule has 0 bridgehead atoms. The van der Waals surface area contributed by atoms with Gasteiger partial charge in [0.2, 0.25) is 0 Å². The molecule has 0 saturated carbocycles. The Balaban J connectivity index is 1.50. The summed E-state index contributed by atoms with van der Waals surface area (Å²) in [5, 5.41) is 9.56. The topological polar surface area (TPSA) is 119 Å². The van der Waals surface area contributed by atoms with Gasteiger partial charge in [-0.1, -0.05) is 35.9 Å². The molecular weight excluding hydrogens is 444 g/mol. The van der Waals surface area contributed by atoms with E-state index < -0.39 is 21.7 Å². The molecule has 0 atom stereocenters. The maximum atomic E-state index is 12.6. The maximum absolute atomic E-state index is 12.6. The molecule has 1 aliphatic rings. The van der Waals surface area contributed by atoms with Gasteiger partial charge >= 0.3 is 11.8 Å². The Kier molecular flexibility index (Phi) is 6.19. The first-order valence-electron chi connectivity index (χ1n) is 10.4. The number of anilines is 1. The van der Waals surface area contributed by atoms with E-state index in [-0.39, 0.29) is 23.9 Å². The van der Waals surface area contributed by atoms with Gasteiger partial charge in [0, 0.05) is 12.1 Å². The number of ether oxygens (including phenoxy) is 1. The molecule has 0 radical (unpaired) electrons. The minimum absolute atomic E-state index is 0.194. The van der Waals surface area contributed by atoms with Gasteiger partial charge in [0.1, 0.15) is 11.6 Å². The number of nitrogens with zero attached hydrogens (tertiary/aromatic N) is 2. The summed E-state index contributed by atoms with van der Waals surface area (Å²) in [7, 11) is -1.77. The number of hydrogen-bond donors (Lipinski definition) is 2. The number of carbonyl (C=O) groups excluding carboxylic acids is 2. The number of rotatable bonds is 6. The fourth-order valence-electron chi connectivity index (χ4n) is 3.71. The Morgan fingerprint density at radius 2 is 1.79 bits per heavy atom. The van der Waals surface area contributed by atoms with Crippen molar-refractivity contribution in [3.63, 3.8) is 0 Å². The van der Waals surface area contributed by atoms with E-state index in [1.54, 1.807) is 7.11 Å². The number of nitrogens with one attached hydrogen (secondary N) is 2. The highest BCUT2D eigenvalue weighted by atomic mass is 32.2. The number of fused-ring (bicyclic) bond motifs is 1. The number of methoxy groups -OCH3 is 1. The highest BCUT2D eigenvalue weighted by molar-refractivity contribution is 7.90. The number of benzene rings is 2. The van der Waals surface area contributed by atoms with E-state index in [1.807, 2.05) is 55.5 Å². The zero-order valence-electron chi connectivity index (χ0n) is 18.3. The molecule has 172 valence electrons. The molecule has 0 fully saturated rings. The summed E-state index contributed by atoms with van der Waals surface area (Å²) in [5.41, 5.74) is 3.38. The Labute approximate surface area is 191 Å². The van der Waals surface area contributed by atoms with Crippen LogP contribution in [0.25, 0.3) is 5.69 Å². The lowest BCUT2D eigenvalue weighted by Gasteiger charge is -2.12. The molecule has 2 N–H and O–H groups in total. The monoisotopic (exact) mass is 468 g/mol. The Morgan fingerprint density at radius 3 is 2.52 bits per heavy atom. The van der Waals surface area contributed by atoms with Crippen LogP contribution >= 0.6 is 0 Å². The van der Waals surface area contributed by atoms with Crippen molar-refractivity contribution >= 4 is 27.5 Å². The van der Waals surface area contributed by atoms with Crippen LogP contribution in [0.3, 0.4) is 0 Å². The third kappa shape index (κ3) is 4.90. The van der Waals surface area contributed by atoms with Crippen LogP contribution in [0.1, 0.15) is 22.4 Å². The highest BCUT2D eigenvalue weighted by Gasteiger charge is 2.33. The standard InChI is InChI=1S/C23H24N4O5S/c1-15-7-9-17(10-8-15)27-21(18-13-33(30,31)14-19(18)26-27)25-23(29)22(28)24-12-11-16-5-3-4-6-20(16)32-2/h3-10H,11-14H2,1-2H3,(H,24,28)(H,25,29). The van der Waals surface area contributed by atoms with E-state index in [1.165, 1.54) is 4.68 Å². The van der Waals surface area contributed by atoms with E-state index >= 15 is 0 Å². The molecule has 9 nitrogen and oxygen atoms in total. The first kappa shape index (κ1) is 22.5. The van der Waals surface area contributed by atoms with Crippen molar-refractivity contribution in [2.24, 2.45) is 0 Å². The molecule has 4 rings (SSSR count). The molecule has 3 aromatic rings. The Morgan fingerprint density at radius 1 is 1.06 bits per heavy atom. The van der Waals surface area contributed by atoms with Crippen LogP contribution in [-0.2, 0) is 37.4 Å². The summed E-state index contributed by atoms with van der Waals surface area (Å²) in [4.78, 5) is 25.1. The molecule has 0 unspecified atom stereocenters. The molecule has 10 heteroatoms. The molecule has 0 spiro atoms. The number of aromatic nitrogens is 2. The zero-order valence-corrected chi connectivity index (χ0v) is 19.1. The summed E-state index contributed by atoms with van der Waals surface area (Å²) in [6.45, 7) is 2.17. The van der Waals surface area contributed by atoms with Gasteiger partial charge in [-0.3, -0.25) is 9.59 Å². The normalized spacial score (nSPS) is 13.9. The van der Waals surface area contributed by atoms with E-state index in [0.29, 0.717) is 29.1 Å². The molecule has 2 amide bonds. The molecule has 33 heavy (non-hydrogen) atoms. The van der Waals surface area contributed by atoms with E-state index in [0.717, 1.165) is 11.1 Å². The third-order valence-electron chi connectivity index (χ3n) is 5.38. The molecule has 1 aromatic heterocycles. The van der Waals surface area contributed by atoms with Crippen molar-refractivity contribution in [3.8, 4) is 11.4 Å². The maximum Gasteiger partial charge on any atom is 0.314 e. The summed E-state index contributed by atoms with van der Waals surface area (Å²) < 4.78 is 30.9. The van der Waals surface area contributed by atoms with Crippen LogP contribution < -0.4 is 15.4 Å². The summed E-state index contributed by atoms with van der Waals surface area (Å²) >= 11 is 0. The number of carbonyl (C=O) groups is 2. The van der Waals surface area contributed by atoms with Crippen molar-refractivity contribution < 1.29 is 22.7 Å². The van der Waals surface area contributed by atoms with Crippen LogP contribution in [0.5, 0.6) is 5.75 Å². The van der Waals surface area contributed by atoms with E-state index in [9.17, 15) is 18.0 Å². The number of amides is 2. The van der Waals surface area contributed by atoms with E-state index in [4.69, 9.17) is 4.74 Å². The minimum Gasteiger partial charge on any atom is -0.496 e. The van der Waals surface area contributed by atoms with Gasteiger partial charge in [-0.15, -0.1) is 0 Å². The fourth-order valence-corrected chi connectivity index (χ4v) is 5.20. The smallest absolute Gasteiger partial charge is 0.314 e. The molecular formula is C23H24N4O5S. The van der Waals surface area contributed by atoms with Gasteiger partial charge < -0.3 is 15.4 Å². The second-order valence-electron chi connectivity index (χ2n) is 7.83. The average molecular weight is 469 g/mol. The average Bonchev–Trinajstić information content (AvgIpc) is 3.26. The number of aryl methyl sites for hydroxylation is 1. The SMILES string of the molecule is COc1ccccc1CCNC(=O)C(=O)Nc1c2c(nn1-c1ccc(C)cc1)CS(=O)(=O)C2. The quantitative estimate of drug-likeness (QED) is 0.534. The van der Waals surface area contributed by atoms with Gasteiger partial charge in [-0.05, 0) is 37.1 Å². The lowest BCUT2D eigenvalue weighted by Crippen LogP contribution is -2.37. The molecule has 0 saturated heterocycles. The first-order chi connectivity index (χ1) is 15.8. The van der Waals surface area contributed by atoms with Crippen molar-refractivity contribution in [3.05, 3.63) is 70.9 Å². The van der Waals surface area contributed by atoms with Crippen LogP contribution in [0.15, 0.2) is 48.5 Å². The van der Waals surface area contributed by atoms with Crippen LogP contribution in [0, 0.1) is 6.92 Å². The Hall–Kier alpha value is -3.66. The van der Waals surface area contributed by atoms with Crippen molar-refractivity contribution in [2.75, 3.05) is 19.0 Å².